The van der Waals surface area contributed by atoms with Crippen LogP contribution in [0.1, 0.15) is 42.7 Å². The molecule has 0 aromatic heterocycles. The summed E-state index contributed by atoms with van der Waals surface area (Å²) in [4.78, 5) is 17.4. The molecule has 0 saturated heterocycles. The molecule has 8 heteroatoms. The van der Waals surface area contributed by atoms with Gasteiger partial charge in [0, 0.05) is 12.6 Å². The lowest BCUT2D eigenvalue weighted by Gasteiger charge is -2.17. The molecule has 0 saturated carbocycles. The number of nitrogens with one attached hydrogen (secondary N) is 1. The molecule has 0 bridgehead atoms. The van der Waals surface area contributed by atoms with Crippen molar-refractivity contribution in [2.24, 2.45) is 0 Å². The SMILES string of the molecule is CON(C)S(=O)(=O)c1cccc(C(=O)NC(C)c2cccc(OC(C)C)c2)c1. The topological polar surface area (TPSA) is 84.9 Å². The van der Waals surface area contributed by atoms with Gasteiger partial charge in [-0.1, -0.05) is 22.7 Å². The second-order valence-corrected chi connectivity index (χ2v) is 8.50. The van der Waals surface area contributed by atoms with Crippen molar-refractivity contribution in [1.82, 2.24) is 9.79 Å². The summed E-state index contributed by atoms with van der Waals surface area (Å²) in [5.41, 5.74) is 1.13. The van der Waals surface area contributed by atoms with E-state index in [0.29, 0.717) is 0 Å². The van der Waals surface area contributed by atoms with Crippen LogP contribution in [0.15, 0.2) is 53.4 Å². The number of sulfonamides is 1. The maximum Gasteiger partial charge on any atom is 0.264 e. The third-order valence-electron chi connectivity index (χ3n) is 4.07. The van der Waals surface area contributed by atoms with Gasteiger partial charge in [-0.2, -0.15) is 0 Å². The monoisotopic (exact) mass is 406 g/mol. The number of hydroxylamine groups is 1. The summed E-state index contributed by atoms with van der Waals surface area (Å²) < 4.78 is 31.2. The van der Waals surface area contributed by atoms with E-state index in [1.165, 1.54) is 32.4 Å². The van der Waals surface area contributed by atoms with Crippen molar-refractivity contribution in [3.63, 3.8) is 0 Å². The maximum absolute atomic E-state index is 12.6. The zero-order valence-corrected chi connectivity index (χ0v) is 17.5. The zero-order chi connectivity index (χ0) is 20.9. The van der Waals surface area contributed by atoms with Crippen molar-refractivity contribution in [3.05, 3.63) is 59.7 Å². The molecule has 0 aliphatic heterocycles. The van der Waals surface area contributed by atoms with E-state index >= 15 is 0 Å². The summed E-state index contributed by atoms with van der Waals surface area (Å²) in [6.07, 6.45) is 0.0510. The summed E-state index contributed by atoms with van der Waals surface area (Å²) in [5, 5.41) is 2.88. The molecule has 1 unspecified atom stereocenters. The predicted molar refractivity (Wildman–Crippen MR) is 106 cm³/mol. The molecule has 0 heterocycles. The molecule has 28 heavy (non-hydrogen) atoms. The summed E-state index contributed by atoms with van der Waals surface area (Å²) in [7, 11) is -1.28. The zero-order valence-electron chi connectivity index (χ0n) is 16.7. The first-order valence-electron chi connectivity index (χ1n) is 8.85. The van der Waals surface area contributed by atoms with E-state index in [0.717, 1.165) is 15.8 Å². The highest BCUT2D eigenvalue weighted by Crippen LogP contribution is 2.21. The first kappa shape index (κ1) is 21.9. The van der Waals surface area contributed by atoms with E-state index in [9.17, 15) is 13.2 Å². The number of benzene rings is 2. The average Bonchev–Trinajstić information content (AvgIpc) is 2.67. The highest BCUT2D eigenvalue weighted by atomic mass is 32.2. The van der Waals surface area contributed by atoms with Gasteiger partial charge >= 0.3 is 0 Å². The van der Waals surface area contributed by atoms with Crippen LogP contribution in [-0.4, -0.2) is 39.1 Å². The molecule has 0 radical (unpaired) electrons. The number of hydrogen-bond acceptors (Lipinski definition) is 5. The first-order valence-corrected chi connectivity index (χ1v) is 10.3. The number of ether oxygens (including phenoxy) is 1. The van der Waals surface area contributed by atoms with E-state index in [4.69, 9.17) is 9.57 Å². The molecule has 7 nitrogen and oxygen atoms in total. The molecule has 0 aliphatic carbocycles. The van der Waals surface area contributed by atoms with Crippen LogP contribution < -0.4 is 10.1 Å². The van der Waals surface area contributed by atoms with Gasteiger partial charge in [-0.25, -0.2) is 8.42 Å². The predicted octanol–water partition coefficient (Wildman–Crippen LogP) is 3.15. The van der Waals surface area contributed by atoms with Crippen molar-refractivity contribution >= 4 is 15.9 Å². The van der Waals surface area contributed by atoms with Crippen molar-refractivity contribution < 1.29 is 22.8 Å². The summed E-state index contributed by atoms with van der Waals surface area (Å²) >= 11 is 0. The van der Waals surface area contributed by atoms with Gasteiger partial charge in [0.1, 0.15) is 5.75 Å². The Bertz CT molecular complexity index is 928. The van der Waals surface area contributed by atoms with Crippen LogP contribution in [0.3, 0.4) is 0 Å². The van der Waals surface area contributed by atoms with Crippen LogP contribution >= 0.6 is 0 Å². The number of hydrogen-bond donors (Lipinski definition) is 1. The molecule has 1 atom stereocenters. The molecule has 0 aliphatic rings. The minimum Gasteiger partial charge on any atom is -0.491 e. The Labute approximate surface area is 166 Å². The first-order chi connectivity index (χ1) is 13.1. The third-order valence-corrected chi connectivity index (χ3v) is 5.74. The van der Waals surface area contributed by atoms with Crippen molar-refractivity contribution in [2.75, 3.05) is 14.2 Å². The van der Waals surface area contributed by atoms with Crippen molar-refractivity contribution in [1.29, 1.82) is 0 Å². The van der Waals surface area contributed by atoms with Gasteiger partial charge in [-0.05, 0) is 56.7 Å². The third kappa shape index (κ3) is 5.31. The molecule has 2 aromatic carbocycles. The molecule has 0 fully saturated rings. The Kier molecular flexibility index (Phi) is 7.17. The summed E-state index contributed by atoms with van der Waals surface area (Å²) in [5.74, 6) is 0.351. The molecule has 0 spiro atoms. The highest BCUT2D eigenvalue weighted by molar-refractivity contribution is 7.89. The Morgan fingerprint density at radius 3 is 2.39 bits per heavy atom. The van der Waals surface area contributed by atoms with E-state index in [2.05, 4.69) is 5.32 Å². The quantitative estimate of drug-likeness (QED) is 0.681. The van der Waals surface area contributed by atoms with Crippen LogP contribution in [0.2, 0.25) is 0 Å². The molecule has 2 rings (SSSR count). The standard InChI is InChI=1S/C20H26N2O5S/c1-14(2)27-18-10-6-8-16(12-18)15(3)21-20(23)17-9-7-11-19(13-17)28(24,25)22(4)26-5/h6-15H,1-5H3,(H,21,23). The van der Waals surface area contributed by atoms with E-state index in [-0.39, 0.29) is 28.5 Å². The van der Waals surface area contributed by atoms with Gasteiger partial charge in [0.15, 0.2) is 0 Å². The van der Waals surface area contributed by atoms with Gasteiger partial charge in [0.05, 0.1) is 24.2 Å². The largest absolute Gasteiger partial charge is 0.491 e. The van der Waals surface area contributed by atoms with Gasteiger partial charge in [0.25, 0.3) is 15.9 Å². The van der Waals surface area contributed by atoms with E-state index < -0.39 is 10.0 Å². The fraction of sp³-hybridized carbons (Fsp3) is 0.350. The number of rotatable bonds is 8. The lowest BCUT2D eigenvalue weighted by atomic mass is 10.1. The van der Waals surface area contributed by atoms with Gasteiger partial charge in [0.2, 0.25) is 0 Å². The maximum atomic E-state index is 12.6. The average molecular weight is 407 g/mol. The number of carbonyl (C=O) groups excluding carboxylic acids is 1. The van der Waals surface area contributed by atoms with Gasteiger partial charge in [-0.15, -0.1) is 0 Å². The van der Waals surface area contributed by atoms with E-state index in [1.807, 2.05) is 45.0 Å². The highest BCUT2D eigenvalue weighted by Gasteiger charge is 2.22. The minimum absolute atomic E-state index is 0.0236. The Balaban J connectivity index is 2.18. The molecule has 1 amide bonds. The molecule has 2 aromatic rings. The molecular weight excluding hydrogens is 380 g/mol. The number of carbonyl (C=O) groups is 1. The van der Waals surface area contributed by atoms with Crippen molar-refractivity contribution in [3.8, 4) is 5.75 Å². The molecule has 1 N–H and O–H groups in total. The van der Waals surface area contributed by atoms with Crippen LogP contribution in [0.25, 0.3) is 0 Å². The van der Waals surface area contributed by atoms with Crippen LogP contribution in [0, 0.1) is 0 Å². The Hall–Kier alpha value is -2.42. The van der Waals surface area contributed by atoms with Crippen molar-refractivity contribution in [2.45, 2.75) is 37.8 Å². The fourth-order valence-corrected chi connectivity index (χ4v) is 3.56. The second-order valence-electron chi connectivity index (χ2n) is 6.56. The summed E-state index contributed by atoms with van der Waals surface area (Å²) in [6.45, 7) is 5.74. The lowest BCUT2D eigenvalue weighted by Crippen LogP contribution is -2.28. The van der Waals surface area contributed by atoms with Gasteiger partial charge < -0.3 is 10.1 Å². The minimum atomic E-state index is -3.83. The van der Waals surface area contributed by atoms with Gasteiger partial charge in [-0.3, -0.25) is 9.63 Å². The fourth-order valence-electron chi connectivity index (χ4n) is 2.54. The lowest BCUT2D eigenvalue weighted by molar-refractivity contribution is -0.0258. The molecule has 152 valence electrons. The smallest absolute Gasteiger partial charge is 0.264 e. The number of nitrogens with zero attached hydrogens (tertiary/aromatic N) is 1. The van der Waals surface area contributed by atoms with Crippen LogP contribution in [0.5, 0.6) is 5.75 Å². The Morgan fingerprint density at radius 2 is 1.75 bits per heavy atom. The van der Waals surface area contributed by atoms with Crippen LogP contribution in [-0.2, 0) is 14.9 Å². The molecular formula is C20H26N2O5S. The second kappa shape index (κ2) is 9.18. The van der Waals surface area contributed by atoms with E-state index in [1.54, 1.807) is 6.07 Å². The Morgan fingerprint density at radius 1 is 1.07 bits per heavy atom. The normalized spacial score (nSPS) is 12.8. The number of amides is 1. The summed E-state index contributed by atoms with van der Waals surface area (Å²) in [6, 6.07) is 13.0. The van der Waals surface area contributed by atoms with Crippen LogP contribution in [0.4, 0.5) is 0 Å².